The summed E-state index contributed by atoms with van der Waals surface area (Å²) in [5.41, 5.74) is 0.444. The second-order valence-corrected chi connectivity index (χ2v) is 5.81. The molecule has 1 aromatic rings. The highest BCUT2D eigenvalue weighted by molar-refractivity contribution is 7.88. The maximum Gasteiger partial charge on any atom is 0.220 e. The highest BCUT2D eigenvalue weighted by Gasteiger charge is 2.22. The smallest absolute Gasteiger partial charge is 0.212 e. The number of sulfonamides is 1. The van der Waals surface area contributed by atoms with Crippen molar-refractivity contribution in [3.63, 3.8) is 0 Å². The summed E-state index contributed by atoms with van der Waals surface area (Å²) < 4.78 is 24.8. The molecule has 0 atom stereocenters. The van der Waals surface area contributed by atoms with Crippen LogP contribution < -0.4 is 0 Å². The van der Waals surface area contributed by atoms with Crippen LogP contribution in [0, 0.1) is 22.7 Å². The lowest BCUT2D eigenvalue weighted by Crippen LogP contribution is -2.32. The Morgan fingerprint density at radius 2 is 1.72 bits per heavy atom. The fraction of sp³-hybridized carbons (Fsp3) is 0.273. The van der Waals surface area contributed by atoms with E-state index >= 15 is 0 Å². The van der Waals surface area contributed by atoms with Crippen molar-refractivity contribution < 1.29 is 8.42 Å². The van der Waals surface area contributed by atoms with Crippen molar-refractivity contribution in [1.29, 1.82) is 10.5 Å². The fourth-order valence-electron chi connectivity index (χ4n) is 1.31. The molecule has 0 radical (unpaired) electrons. The predicted octanol–water partition coefficient (Wildman–Crippen LogP) is 1.52. The lowest BCUT2D eigenvalue weighted by Gasteiger charge is -2.16. The van der Waals surface area contributed by atoms with Gasteiger partial charge in [0.25, 0.3) is 0 Å². The molecule has 1 aromatic carbocycles. The second-order valence-electron chi connectivity index (χ2n) is 3.43. The summed E-state index contributed by atoms with van der Waals surface area (Å²) in [5, 5.41) is 17.5. The largest absolute Gasteiger partial charge is 0.220 e. The van der Waals surface area contributed by atoms with E-state index in [0.29, 0.717) is 10.6 Å². The molecule has 0 aliphatic carbocycles. The third kappa shape index (κ3) is 3.71. The van der Waals surface area contributed by atoms with E-state index in [1.807, 2.05) is 0 Å². The third-order valence-corrected chi connectivity index (χ3v) is 4.27. The number of rotatable bonds is 5. The Kier molecular flexibility index (Phi) is 5.11. The summed E-state index contributed by atoms with van der Waals surface area (Å²) in [7, 11) is -3.72. The van der Waals surface area contributed by atoms with Crippen molar-refractivity contribution in [2.24, 2.45) is 0 Å². The van der Waals surface area contributed by atoms with E-state index in [4.69, 9.17) is 22.1 Å². The van der Waals surface area contributed by atoms with Crippen LogP contribution in [0.2, 0.25) is 5.02 Å². The van der Waals surface area contributed by atoms with E-state index in [2.05, 4.69) is 0 Å². The zero-order chi connectivity index (χ0) is 13.6. The minimum absolute atomic E-state index is 0.323. The van der Waals surface area contributed by atoms with Crippen LogP contribution in [0.25, 0.3) is 0 Å². The Labute approximate surface area is 111 Å². The summed E-state index contributed by atoms with van der Waals surface area (Å²) in [6.45, 7) is -0.694. The van der Waals surface area contributed by atoms with Gasteiger partial charge >= 0.3 is 0 Å². The highest BCUT2D eigenvalue weighted by Crippen LogP contribution is 2.19. The number of nitrogens with zero attached hydrogens (tertiary/aromatic N) is 3. The molecule has 0 heterocycles. The number of halogens is 1. The van der Waals surface area contributed by atoms with Crippen molar-refractivity contribution >= 4 is 21.6 Å². The quantitative estimate of drug-likeness (QED) is 0.767. The Balaban J connectivity index is 2.98. The van der Waals surface area contributed by atoms with Gasteiger partial charge in [-0.15, -0.1) is 0 Å². The number of benzene rings is 1. The maximum absolute atomic E-state index is 12.0. The Hall–Kier alpha value is -1.60. The van der Waals surface area contributed by atoms with Crippen LogP contribution in [0.5, 0.6) is 0 Å². The van der Waals surface area contributed by atoms with Gasteiger partial charge in [-0.1, -0.05) is 29.8 Å². The van der Waals surface area contributed by atoms with Gasteiger partial charge in [0.1, 0.15) is 13.1 Å². The molecule has 1 rings (SSSR count). The second kappa shape index (κ2) is 6.36. The molecule has 0 N–H and O–H groups in total. The summed E-state index contributed by atoms with van der Waals surface area (Å²) >= 11 is 5.88. The van der Waals surface area contributed by atoms with Gasteiger partial charge in [0.15, 0.2) is 0 Å². The molecular formula is C11H10ClN3O2S. The minimum atomic E-state index is -3.72. The van der Waals surface area contributed by atoms with E-state index in [0.717, 1.165) is 4.31 Å². The number of nitriles is 2. The van der Waals surface area contributed by atoms with Crippen LogP contribution in [-0.2, 0) is 15.8 Å². The molecule has 94 valence electrons. The van der Waals surface area contributed by atoms with Crippen molar-refractivity contribution in [3.05, 3.63) is 34.9 Å². The zero-order valence-corrected chi connectivity index (χ0v) is 10.9. The van der Waals surface area contributed by atoms with E-state index in [1.165, 1.54) is 0 Å². The van der Waals surface area contributed by atoms with Crippen LogP contribution in [-0.4, -0.2) is 25.8 Å². The van der Waals surface area contributed by atoms with Gasteiger partial charge in [0, 0.05) is 5.02 Å². The maximum atomic E-state index is 12.0. The highest BCUT2D eigenvalue weighted by atomic mass is 35.5. The molecule has 0 fully saturated rings. The van der Waals surface area contributed by atoms with Crippen LogP contribution in [0.4, 0.5) is 0 Å². The lowest BCUT2D eigenvalue weighted by atomic mass is 10.2. The molecule has 0 aromatic heterocycles. The molecule has 18 heavy (non-hydrogen) atoms. The van der Waals surface area contributed by atoms with Gasteiger partial charge < -0.3 is 0 Å². The van der Waals surface area contributed by atoms with Gasteiger partial charge in [-0.2, -0.15) is 14.8 Å². The van der Waals surface area contributed by atoms with Gasteiger partial charge in [-0.25, -0.2) is 8.42 Å². The predicted molar refractivity (Wildman–Crippen MR) is 66.9 cm³/mol. The van der Waals surface area contributed by atoms with Gasteiger partial charge in [0.2, 0.25) is 10.0 Å². The molecule has 0 bridgehead atoms. The molecule has 0 saturated carbocycles. The Bertz CT molecular complexity index is 585. The SMILES string of the molecule is N#CCN(CC#N)S(=O)(=O)Cc1ccccc1Cl. The van der Waals surface area contributed by atoms with E-state index in [1.54, 1.807) is 36.4 Å². The zero-order valence-electron chi connectivity index (χ0n) is 9.38. The summed E-state index contributed by atoms with van der Waals surface area (Å²) in [5.74, 6) is -0.323. The number of hydrogen-bond donors (Lipinski definition) is 0. The third-order valence-electron chi connectivity index (χ3n) is 2.18. The average molecular weight is 284 g/mol. The molecular weight excluding hydrogens is 274 g/mol. The normalized spacial score (nSPS) is 10.9. The Morgan fingerprint density at radius 1 is 1.17 bits per heavy atom. The molecule has 0 unspecified atom stereocenters. The minimum Gasteiger partial charge on any atom is -0.212 e. The van der Waals surface area contributed by atoms with E-state index < -0.39 is 10.0 Å². The van der Waals surface area contributed by atoms with Gasteiger partial charge in [-0.3, -0.25) is 0 Å². The van der Waals surface area contributed by atoms with Crippen LogP contribution in [0.1, 0.15) is 5.56 Å². The van der Waals surface area contributed by atoms with Crippen molar-refractivity contribution in [2.75, 3.05) is 13.1 Å². The molecule has 0 saturated heterocycles. The first kappa shape index (κ1) is 14.5. The molecule has 0 spiro atoms. The Morgan fingerprint density at radius 3 is 2.22 bits per heavy atom. The summed E-state index contributed by atoms with van der Waals surface area (Å²) in [6, 6.07) is 10.00. The lowest BCUT2D eigenvalue weighted by molar-refractivity contribution is 0.478. The topological polar surface area (TPSA) is 85.0 Å². The monoisotopic (exact) mass is 283 g/mol. The van der Waals surface area contributed by atoms with E-state index in [-0.39, 0.29) is 18.8 Å². The number of hydrogen-bond acceptors (Lipinski definition) is 4. The first-order valence-electron chi connectivity index (χ1n) is 4.96. The first-order valence-corrected chi connectivity index (χ1v) is 6.95. The van der Waals surface area contributed by atoms with Gasteiger partial charge in [-0.05, 0) is 11.6 Å². The first-order chi connectivity index (χ1) is 8.51. The standard InChI is InChI=1S/C11H10ClN3O2S/c12-11-4-2-1-3-10(11)9-18(16,17)15(7-5-13)8-6-14/h1-4H,7-9H2. The molecule has 0 aliphatic rings. The summed E-state index contributed by atoms with van der Waals surface area (Å²) in [6.07, 6.45) is 0. The molecule has 5 nitrogen and oxygen atoms in total. The molecule has 7 heteroatoms. The molecule has 0 aliphatic heterocycles. The fourth-order valence-corrected chi connectivity index (χ4v) is 2.93. The van der Waals surface area contributed by atoms with Crippen LogP contribution in [0.15, 0.2) is 24.3 Å². The van der Waals surface area contributed by atoms with Crippen molar-refractivity contribution in [2.45, 2.75) is 5.75 Å². The van der Waals surface area contributed by atoms with E-state index in [9.17, 15) is 8.42 Å². The van der Waals surface area contributed by atoms with Crippen LogP contribution in [0.3, 0.4) is 0 Å². The average Bonchev–Trinajstić information content (AvgIpc) is 2.32. The van der Waals surface area contributed by atoms with Gasteiger partial charge in [0.05, 0.1) is 17.9 Å². The summed E-state index contributed by atoms with van der Waals surface area (Å²) in [4.78, 5) is 0. The van der Waals surface area contributed by atoms with Crippen molar-refractivity contribution in [1.82, 2.24) is 4.31 Å². The van der Waals surface area contributed by atoms with Crippen molar-refractivity contribution in [3.8, 4) is 12.1 Å². The van der Waals surface area contributed by atoms with Crippen LogP contribution >= 0.6 is 11.6 Å². The molecule has 0 amide bonds.